The lowest BCUT2D eigenvalue weighted by molar-refractivity contribution is -0.122. The maximum absolute atomic E-state index is 12.8. The number of nitrogens with one attached hydrogen (secondary N) is 1. The number of carbonyl (C=O) groups excluding carboxylic acids is 1. The Morgan fingerprint density at radius 2 is 1.95 bits per heavy atom. The van der Waals surface area contributed by atoms with E-state index in [1.165, 1.54) is 23.9 Å². The summed E-state index contributed by atoms with van der Waals surface area (Å²) < 4.78 is 38.1. The van der Waals surface area contributed by atoms with E-state index in [0.29, 0.717) is 5.75 Å². The van der Waals surface area contributed by atoms with Crippen molar-refractivity contribution in [2.45, 2.75) is 17.2 Å². The molecule has 1 aromatic carbocycles. The minimum Gasteiger partial charge on any atom is -0.350 e. The molecule has 3 nitrogen and oxygen atoms in total. The lowest BCUT2D eigenvalue weighted by atomic mass is 10.3. The van der Waals surface area contributed by atoms with Crippen LogP contribution in [0.5, 0.6) is 0 Å². The average molecular weight is 292 g/mol. The number of halogens is 3. The second-order valence-corrected chi connectivity index (χ2v) is 5.06. The first-order valence-corrected chi connectivity index (χ1v) is 6.64. The summed E-state index contributed by atoms with van der Waals surface area (Å²) in [6.07, 6.45) is 0.114. The van der Waals surface area contributed by atoms with Crippen molar-refractivity contribution < 1.29 is 18.0 Å². The number of hydrogen-bond donors (Lipinski definition) is 2. The van der Waals surface area contributed by atoms with Crippen molar-refractivity contribution in [2.75, 3.05) is 18.8 Å². The molecule has 106 valence electrons. The van der Waals surface area contributed by atoms with Gasteiger partial charge in [0.15, 0.2) is 0 Å². The molecule has 0 aliphatic carbocycles. The molecule has 0 fully saturated rings. The summed E-state index contributed by atoms with van der Waals surface area (Å²) in [5, 5.41) is 2.13. The molecule has 0 atom stereocenters. The van der Waals surface area contributed by atoms with E-state index in [9.17, 15) is 18.0 Å². The van der Waals surface area contributed by atoms with E-state index >= 15 is 0 Å². The molecular formula is C12H15F3N2OS. The van der Waals surface area contributed by atoms with Crippen LogP contribution in [-0.2, 0) is 4.79 Å². The van der Waals surface area contributed by atoms with Crippen LogP contribution in [0, 0.1) is 5.82 Å². The van der Waals surface area contributed by atoms with E-state index in [4.69, 9.17) is 5.73 Å². The second kappa shape index (κ2) is 7.40. The Balaban J connectivity index is 2.22. The molecule has 0 unspecified atom stereocenters. The summed E-state index contributed by atoms with van der Waals surface area (Å²) in [5.74, 6) is -3.42. The third-order valence-electron chi connectivity index (χ3n) is 2.25. The molecule has 1 amide bonds. The Hall–Kier alpha value is -1.21. The monoisotopic (exact) mass is 292 g/mol. The van der Waals surface area contributed by atoms with E-state index in [-0.39, 0.29) is 12.2 Å². The number of hydrogen-bond acceptors (Lipinski definition) is 3. The van der Waals surface area contributed by atoms with Crippen molar-refractivity contribution in [1.29, 1.82) is 0 Å². The predicted octanol–water partition coefficient (Wildman–Crippen LogP) is 2.02. The van der Waals surface area contributed by atoms with Crippen LogP contribution in [0.25, 0.3) is 0 Å². The molecule has 0 spiro atoms. The SMILES string of the molecule is NCC(F)(F)CNC(=O)CCSc1ccc(F)cc1. The topological polar surface area (TPSA) is 55.1 Å². The van der Waals surface area contributed by atoms with E-state index in [2.05, 4.69) is 5.32 Å². The molecule has 0 heterocycles. The summed E-state index contributed by atoms with van der Waals surface area (Å²) in [6, 6.07) is 5.84. The van der Waals surface area contributed by atoms with Gasteiger partial charge in [0.1, 0.15) is 5.82 Å². The van der Waals surface area contributed by atoms with Crippen LogP contribution in [0.1, 0.15) is 6.42 Å². The zero-order chi connectivity index (χ0) is 14.3. The molecule has 0 radical (unpaired) electrons. The Labute approximate surface area is 113 Å². The molecule has 0 aromatic heterocycles. The van der Waals surface area contributed by atoms with Gasteiger partial charge in [0, 0.05) is 17.1 Å². The zero-order valence-electron chi connectivity index (χ0n) is 10.2. The molecule has 3 N–H and O–H groups in total. The smallest absolute Gasteiger partial charge is 0.277 e. The van der Waals surface area contributed by atoms with E-state index in [1.54, 1.807) is 12.1 Å². The first-order valence-electron chi connectivity index (χ1n) is 5.66. The molecular weight excluding hydrogens is 277 g/mol. The van der Waals surface area contributed by atoms with Crippen LogP contribution in [0.15, 0.2) is 29.2 Å². The maximum atomic E-state index is 12.8. The Morgan fingerprint density at radius 1 is 1.32 bits per heavy atom. The fourth-order valence-corrected chi connectivity index (χ4v) is 2.03. The van der Waals surface area contributed by atoms with Crippen LogP contribution in [0.3, 0.4) is 0 Å². The van der Waals surface area contributed by atoms with Gasteiger partial charge in [0.25, 0.3) is 5.92 Å². The van der Waals surface area contributed by atoms with Gasteiger partial charge in [-0.15, -0.1) is 11.8 Å². The predicted molar refractivity (Wildman–Crippen MR) is 68.8 cm³/mol. The number of nitrogens with two attached hydrogens (primary N) is 1. The van der Waals surface area contributed by atoms with Crippen LogP contribution in [-0.4, -0.2) is 30.7 Å². The average Bonchev–Trinajstić information content (AvgIpc) is 2.39. The molecule has 7 heteroatoms. The van der Waals surface area contributed by atoms with Crippen molar-refractivity contribution in [3.8, 4) is 0 Å². The van der Waals surface area contributed by atoms with Gasteiger partial charge >= 0.3 is 0 Å². The highest BCUT2D eigenvalue weighted by Gasteiger charge is 2.26. The number of amides is 1. The number of thioether (sulfide) groups is 1. The summed E-state index contributed by atoms with van der Waals surface area (Å²) >= 11 is 1.36. The van der Waals surface area contributed by atoms with E-state index in [0.717, 1.165) is 4.90 Å². The molecule has 1 rings (SSSR count). The quantitative estimate of drug-likeness (QED) is 0.756. The van der Waals surface area contributed by atoms with E-state index in [1.807, 2.05) is 0 Å². The van der Waals surface area contributed by atoms with Crippen LogP contribution in [0.2, 0.25) is 0 Å². The van der Waals surface area contributed by atoms with Gasteiger partial charge in [-0.05, 0) is 24.3 Å². The number of alkyl halides is 2. The molecule has 0 saturated heterocycles. The lowest BCUT2D eigenvalue weighted by Crippen LogP contribution is -2.41. The summed E-state index contributed by atoms with van der Waals surface area (Å²) in [5.41, 5.74) is 4.84. The third kappa shape index (κ3) is 6.49. The van der Waals surface area contributed by atoms with Gasteiger partial charge in [-0.2, -0.15) is 0 Å². The molecule has 19 heavy (non-hydrogen) atoms. The molecule has 0 aliphatic rings. The van der Waals surface area contributed by atoms with Crippen LogP contribution >= 0.6 is 11.8 Å². The van der Waals surface area contributed by atoms with Gasteiger partial charge in [-0.25, -0.2) is 13.2 Å². The molecule has 0 aliphatic heterocycles. The Morgan fingerprint density at radius 3 is 2.53 bits per heavy atom. The fourth-order valence-electron chi connectivity index (χ4n) is 1.18. The summed E-state index contributed by atoms with van der Waals surface area (Å²) in [6.45, 7) is -1.54. The van der Waals surface area contributed by atoms with Gasteiger partial charge in [0.05, 0.1) is 13.1 Å². The van der Waals surface area contributed by atoms with Gasteiger partial charge in [-0.1, -0.05) is 0 Å². The van der Waals surface area contributed by atoms with Crippen molar-refractivity contribution in [1.82, 2.24) is 5.32 Å². The molecule has 0 saturated carbocycles. The molecule has 1 aromatic rings. The normalized spacial score (nSPS) is 11.4. The minimum atomic E-state index is -3.07. The van der Waals surface area contributed by atoms with Crippen molar-refractivity contribution in [3.05, 3.63) is 30.1 Å². The zero-order valence-corrected chi connectivity index (χ0v) is 11.0. The van der Waals surface area contributed by atoms with Crippen molar-refractivity contribution in [3.63, 3.8) is 0 Å². The van der Waals surface area contributed by atoms with Crippen LogP contribution in [0.4, 0.5) is 13.2 Å². The van der Waals surface area contributed by atoms with Crippen molar-refractivity contribution in [2.24, 2.45) is 5.73 Å². The minimum absolute atomic E-state index is 0.114. The largest absolute Gasteiger partial charge is 0.350 e. The standard InChI is InChI=1S/C12H15F3N2OS/c13-9-1-3-10(4-2-9)19-6-5-11(18)17-8-12(14,15)7-16/h1-4H,5-8,16H2,(H,17,18). The summed E-state index contributed by atoms with van der Waals surface area (Å²) in [7, 11) is 0. The van der Waals surface area contributed by atoms with E-state index < -0.39 is 24.9 Å². The lowest BCUT2D eigenvalue weighted by Gasteiger charge is -2.14. The van der Waals surface area contributed by atoms with Crippen molar-refractivity contribution >= 4 is 17.7 Å². The Kier molecular flexibility index (Phi) is 6.17. The first-order chi connectivity index (χ1) is 8.93. The highest BCUT2D eigenvalue weighted by atomic mass is 32.2. The fraction of sp³-hybridized carbons (Fsp3) is 0.417. The van der Waals surface area contributed by atoms with Gasteiger partial charge in [0.2, 0.25) is 5.91 Å². The highest BCUT2D eigenvalue weighted by molar-refractivity contribution is 7.99. The highest BCUT2D eigenvalue weighted by Crippen LogP contribution is 2.18. The first kappa shape index (κ1) is 15.8. The second-order valence-electron chi connectivity index (χ2n) is 3.89. The molecule has 0 bridgehead atoms. The van der Waals surface area contributed by atoms with Crippen LogP contribution < -0.4 is 11.1 Å². The number of benzene rings is 1. The summed E-state index contributed by atoms with van der Waals surface area (Å²) in [4.78, 5) is 12.1. The maximum Gasteiger partial charge on any atom is 0.277 e. The number of rotatable bonds is 7. The Bertz CT molecular complexity index is 412. The third-order valence-corrected chi connectivity index (χ3v) is 3.27. The van der Waals surface area contributed by atoms with Gasteiger partial charge < -0.3 is 11.1 Å². The van der Waals surface area contributed by atoms with Gasteiger partial charge in [-0.3, -0.25) is 4.79 Å². The number of carbonyl (C=O) groups is 1.